The van der Waals surface area contributed by atoms with Gasteiger partial charge in [0.1, 0.15) is 17.6 Å². The molecule has 27 heavy (non-hydrogen) atoms. The molecule has 0 fully saturated rings. The number of hydrazine groups is 1. The molecule has 142 valence electrons. The molecular weight excluding hydrogens is 356 g/mol. The van der Waals surface area contributed by atoms with Gasteiger partial charge in [-0.3, -0.25) is 35.3 Å². The Hall–Kier alpha value is -3.69. The minimum Gasteiger partial charge on any atom is -0.466 e. The van der Waals surface area contributed by atoms with Gasteiger partial charge in [-0.15, -0.1) is 0 Å². The van der Waals surface area contributed by atoms with Gasteiger partial charge in [0, 0.05) is 17.7 Å². The quantitative estimate of drug-likeness (QED) is 0.533. The Morgan fingerprint density at radius 1 is 1.11 bits per heavy atom. The van der Waals surface area contributed by atoms with E-state index in [-0.39, 0.29) is 16.8 Å². The molecular formula is C17H18N4O6. The van der Waals surface area contributed by atoms with Gasteiger partial charge in [0.2, 0.25) is 0 Å². The molecule has 0 saturated carbocycles. The van der Waals surface area contributed by atoms with Gasteiger partial charge in [0.15, 0.2) is 0 Å². The van der Waals surface area contributed by atoms with Crippen molar-refractivity contribution >= 4 is 23.4 Å². The first-order chi connectivity index (χ1) is 12.7. The van der Waals surface area contributed by atoms with E-state index in [4.69, 9.17) is 4.42 Å². The lowest BCUT2D eigenvalue weighted by molar-refractivity contribution is -0.384. The summed E-state index contributed by atoms with van der Waals surface area (Å²) in [4.78, 5) is 46.3. The van der Waals surface area contributed by atoms with Gasteiger partial charge >= 0.3 is 0 Å². The molecule has 0 spiro atoms. The van der Waals surface area contributed by atoms with Crippen LogP contribution in [0.2, 0.25) is 0 Å². The second-order valence-electron chi connectivity index (χ2n) is 5.77. The van der Waals surface area contributed by atoms with E-state index in [1.807, 2.05) is 0 Å². The van der Waals surface area contributed by atoms with Crippen LogP contribution < -0.4 is 16.2 Å². The fourth-order valence-corrected chi connectivity index (χ4v) is 2.26. The van der Waals surface area contributed by atoms with Crippen molar-refractivity contribution in [1.82, 2.24) is 16.2 Å². The van der Waals surface area contributed by atoms with Crippen LogP contribution in [-0.4, -0.2) is 28.7 Å². The molecule has 0 aliphatic carbocycles. The summed E-state index contributed by atoms with van der Waals surface area (Å²) < 4.78 is 5.24. The van der Waals surface area contributed by atoms with Gasteiger partial charge < -0.3 is 9.73 Å². The topological polar surface area (TPSA) is 144 Å². The lowest BCUT2D eigenvalue weighted by Crippen LogP contribution is -2.51. The van der Waals surface area contributed by atoms with Crippen LogP contribution >= 0.6 is 0 Å². The highest BCUT2D eigenvalue weighted by molar-refractivity contribution is 5.99. The van der Waals surface area contributed by atoms with Crippen LogP contribution in [0.1, 0.15) is 39.2 Å². The predicted octanol–water partition coefficient (Wildman–Crippen LogP) is 1.38. The van der Waals surface area contributed by atoms with Gasteiger partial charge in [0.05, 0.1) is 10.5 Å². The number of nitro groups is 1. The molecule has 2 rings (SSSR count). The molecule has 2 aromatic rings. The second kappa shape index (κ2) is 8.13. The standard InChI is InChI=1S/C17H18N4O6/c1-9-7-14(11(3)27-9)17(24)20-19-15(22)10(2)18-16(23)12-5-4-6-13(8-12)21(25)26/h4-8,10H,1-3H3,(H,18,23)(H,19,22)(H,20,24)/t10-/m0/s1. The number of carbonyl (C=O) groups excluding carboxylic acids is 3. The summed E-state index contributed by atoms with van der Waals surface area (Å²) in [7, 11) is 0. The van der Waals surface area contributed by atoms with Crippen molar-refractivity contribution in [2.45, 2.75) is 26.8 Å². The second-order valence-corrected chi connectivity index (χ2v) is 5.77. The first-order valence-corrected chi connectivity index (χ1v) is 7.91. The molecule has 0 unspecified atom stereocenters. The number of amides is 3. The Kier molecular flexibility index (Phi) is 5.91. The zero-order valence-corrected chi connectivity index (χ0v) is 14.9. The van der Waals surface area contributed by atoms with E-state index in [0.29, 0.717) is 11.5 Å². The van der Waals surface area contributed by atoms with Crippen molar-refractivity contribution < 1.29 is 23.7 Å². The minimum atomic E-state index is -0.996. The molecule has 0 radical (unpaired) electrons. The average molecular weight is 374 g/mol. The Labute approximate surface area is 154 Å². The molecule has 1 aromatic carbocycles. The molecule has 3 amide bonds. The Bertz CT molecular complexity index is 905. The molecule has 10 heteroatoms. The maximum atomic E-state index is 12.1. The van der Waals surface area contributed by atoms with Crippen molar-refractivity contribution in [2.24, 2.45) is 0 Å². The number of non-ortho nitro benzene ring substituents is 1. The number of aryl methyl sites for hydroxylation is 2. The summed E-state index contributed by atoms with van der Waals surface area (Å²) in [5, 5.41) is 13.2. The van der Waals surface area contributed by atoms with Crippen molar-refractivity contribution in [1.29, 1.82) is 0 Å². The molecule has 1 atom stereocenters. The zero-order chi connectivity index (χ0) is 20.1. The van der Waals surface area contributed by atoms with Crippen molar-refractivity contribution in [3.05, 3.63) is 63.1 Å². The maximum Gasteiger partial charge on any atom is 0.273 e. The molecule has 0 aliphatic heterocycles. The van der Waals surface area contributed by atoms with Crippen LogP contribution in [0.15, 0.2) is 34.7 Å². The molecule has 1 heterocycles. The number of furan rings is 1. The Morgan fingerprint density at radius 3 is 2.41 bits per heavy atom. The van der Waals surface area contributed by atoms with E-state index >= 15 is 0 Å². The van der Waals surface area contributed by atoms with Gasteiger partial charge in [-0.2, -0.15) is 0 Å². The van der Waals surface area contributed by atoms with Crippen molar-refractivity contribution in [3.63, 3.8) is 0 Å². The van der Waals surface area contributed by atoms with Gasteiger partial charge in [-0.1, -0.05) is 6.07 Å². The molecule has 0 aliphatic rings. The number of hydrogen-bond acceptors (Lipinski definition) is 6. The van der Waals surface area contributed by atoms with E-state index < -0.39 is 28.7 Å². The summed E-state index contributed by atoms with van der Waals surface area (Å²) in [6, 6.07) is 5.65. The van der Waals surface area contributed by atoms with Gasteiger partial charge in [-0.25, -0.2) is 0 Å². The van der Waals surface area contributed by atoms with Crippen molar-refractivity contribution in [2.75, 3.05) is 0 Å². The number of nitrogens with zero attached hydrogens (tertiary/aromatic N) is 1. The Balaban J connectivity index is 1.92. The first-order valence-electron chi connectivity index (χ1n) is 7.91. The van der Waals surface area contributed by atoms with Crippen molar-refractivity contribution in [3.8, 4) is 0 Å². The SMILES string of the molecule is Cc1cc(C(=O)NNC(=O)[C@H](C)NC(=O)c2cccc([N+](=O)[O-])c2)c(C)o1. The normalized spacial score (nSPS) is 11.4. The highest BCUT2D eigenvalue weighted by Crippen LogP contribution is 2.14. The van der Waals surface area contributed by atoms with E-state index in [1.165, 1.54) is 31.2 Å². The number of rotatable bonds is 5. The van der Waals surface area contributed by atoms with E-state index in [9.17, 15) is 24.5 Å². The van der Waals surface area contributed by atoms with Crippen LogP contribution in [0.25, 0.3) is 0 Å². The van der Waals surface area contributed by atoms with Crippen LogP contribution in [0.3, 0.4) is 0 Å². The number of hydrogen-bond donors (Lipinski definition) is 3. The highest BCUT2D eigenvalue weighted by Gasteiger charge is 2.20. The lowest BCUT2D eigenvalue weighted by Gasteiger charge is -2.14. The van der Waals surface area contributed by atoms with Gasteiger partial charge in [-0.05, 0) is 32.9 Å². The summed E-state index contributed by atoms with van der Waals surface area (Å²) in [6.45, 7) is 4.71. The largest absolute Gasteiger partial charge is 0.466 e. The summed E-state index contributed by atoms with van der Waals surface area (Å²) in [5.41, 5.74) is 4.51. The third-order valence-electron chi connectivity index (χ3n) is 3.64. The summed E-state index contributed by atoms with van der Waals surface area (Å²) in [6.07, 6.45) is 0. The zero-order valence-electron chi connectivity index (χ0n) is 14.9. The molecule has 10 nitrogen and oxygen atoms in total. The predicted molar refractivity (Wildman–Crippen MR) is 93.8 cm³/mol. The fraction of sp³-hybridized carbons (Fsp3) is 0.235. The fourth-order valence-electron chi connectivity index (χ4n) is 2.26. The van der Waals surface area contributed by atoms with Crippen LogP contribution in [0.5, 0.6) is 0 Å². The summed E-state index contributed by atoms with van der Waals surface area (Å²) in [5.74, 6) is -0.920. The van der Waals surface area contributed by atoms with Crippen LogP contribution in [-0.2, 0) is 4.79 Å². The smallest absolute Gasteiger partial charge is 0.273 e. The number of nitro benzene ring substituents is 1. The first kappa shape index (κ1) is 19.6. The molecule has 0 saturated heterocycles. The number of nitrogens with one attached hydrogen (secondary N) is 3. The van der Waals surface area contributed by atoms with Crippen LogP contribution in [0, 0.1) is 24.0 Å². The van der Waals surface area contributed by atoms with Gasteiger partial charge in [0.25, 0.3) is 23.4 Å². The lowest BCUT2D eigenvalue weighted by atomic mass is 10.1. The number of benzene rings is 1. The third kappa shape index (κ3) is 4.91. The molecule has 3 N–H and O–H groups in total. The maximum absolute atomic E-state index is 12.1. The summed E-state index contributed by atoms with van der Waals surface area (Å²) >= 11 is 0. The van der Waals surface area contributed by atoms with E-state index in [0.717, 1.165) is 6.07 Å². The Morgan fingerprint density at radius 2 is 1.81 bits per heavy atom. The number of carbonyl (C=O) groups is 3. The van der Waals surface area contributed by atoms with E-state index in [1.54, 1.807) is 13.8 Å². The third-order valence-corrected chi connectivity index (χ3v) is 3.64. The van der Waals surface area contributed by atoms with E-state index in [2.05, 4.69) is 16.2 Å². The molecule has 1 aromatic heterocycles. The highest BCUT2D eigenvalue weighted by atomic mass is 16.6. The average Bonchev–Trinajstić information content (AvgIpc) is 2.97. The molecule has 0 bridgehead atoms. The minimum absolute atomic E-state index is 0.0392. The monoisotopic (exact) mass is 374 g/mol. The van der Waals surface area contributed by atoms with Crippen LogP contribution in [0.4, 0.5) is 5.69 Å².